The Morgan fingerprint density at radius 1 is 1.29 bits per heavy atom. The third-order valence-corrected chi connectivity index (χ3v) is 5.12. The maximum Gasteiger partial charge on any atom is 0.240 e. The summed E-state index contributed by atoms with van der Waals surface area (Å²) >= 11 is 0. The van der Waals surface area contributed by atoms with Gasteiger partial charge in [0.25, 0.3) is 0 Å². The first-order valence-corrected chi connectivity index (χ1v) is 7.96. The van der Waals surface area contributed by atoms with Gasteiger partial charge in [-0.15, -0.1) is 0 Å². The normalized spacial score (nSPS) is 29.7. The average molecular weight is 319 g/mol. The summed E-state index contributed by atoms with van der Waals surface area (Å²) in [6, 6.07) is 3.56. The molecular weight excluding hydrogens is 301 g/mol. The largest absolute Gasteiger partial charge is 0.390 e. The molecule has 1 fully saturated rings. The van der Waals surface area contributed by atoms with Crippen LogP contribution in [0.5, 0.6) is 0 Å². The lowest BCUT2D eigenvalue weighted by Crippen LogP contribution is -2.43. The summed E-state index contributed by atoms with van der Waals surface area (Å²) in [4.78, 5) is -0.0965. The van der Waals surface area contributed by atoms with Gasteiger partial charge < -0.3 is 14.9 Å². The molecule has 1 aliphatic carbocycles. The molecule has 1 aliphatic rings. The number of aliphatic hydroxyl groups excluding tert-OH is 2. The van der Waals surface area contributed by atoms with Crippen LogP contribution in [0.4, 0.5) is 4.39 Å². The number of aliphatic hydroxyl groups is 2. The number of rotatable bonds is 5. The van der Waals surface area contributed by atoms with Gasteiger partial charge in [0.2, 0.25) is 10.0 Å². The fourth-order valence-corrected chi connectivity index (χ4v) is 3.77. The lowest BCUT2D eigenvalue weighted by atomic mass is 10.1. The van der Waals surface area contributed by atoms with Crippen LogP contribution in [0.2, 0.25) is 0 Å². The van der Waals surface area contributed by atoms with Crippen molar-refractivity contribution < 1.29 is 27.8 Å². The van der Waals surface area contributed by atoms with Crippen LogP contribution in [0.3, 0.4) is 0 Å². The van der Waals surface area contributed by atoms with E-state index >= 15 is 0 Å². The molecule has 6 nitrogen and oxygen atoms in total. The van der Waals surface area contributed by atoms with E-state index in [1.807, 2.05) is 0 Å². The number of sulfonamides is 1. The molecule has 0 heterocycles. The smallest absolute Gasteiger partial charge is 0.240 e. The molecule has 0 aliphatic heterocycles. The van der Waals surface area contributed by atoms with Crippen LogP contribution < -0.4 is 4.72 Å². The first kappa shape index (κ1) is 16.3. The minimum absolute atomic E-state index is 0.0965. The molecule has 0 unspecified atom stereocenters. The van der Waals surface area contributed by atoms with Crippen LogP contribution in [0.25, 0.3) is 0 Å². The van der Waals surface area contributed by atoms with Crippen LogP contribution in [-0.4, -0.2) is 50.6 Å². The highest BCUT2D eigenvalue weighted by Gasteiger charge is 2.43. The van der Waals surface area contributed by atoms with Gasteiger partial charge in [0, 0.05) is 13.0 Å². The molecule has 2 rings (SSSR count). The zero-order valence-electron chi connectivity index (χ0n) is 11.4. The highest BCUT2D eigenvalue weighted by molar-refractivity contribution is 7.89. The van der Waals surface area contributed by atoms with Gasteiger partial charge in [-0.3, -0.25) is 0 Å². The van der Waals surface area contributed by atoms with Gasteiger partial charge >= 0.3 is 0 Å². The fourth-order valence-electron chi connectivity index (χ4n) is 2.50. The first-order valence-electron chi connectivity index (χ1n) is 6.48. The van der Waals surface area contributed by atoms with Crippen molar-refractivity contribution in [3.05, 3.63) is 30.1 Å². The monoisotopic (exact) mass is 319 g/mol. The van der Waals surface area contributed by atoms with Crippen molar-refractivity contribution in [1.82, 2.24) is 4.72 Å². The van der Waals surface area contributed by atoms with Crippen molar-refractivity contribution in [2.75, 3.05) is 13.7 Å². The molecule has 1 saturated carbocycles. The van der Waals surface area contributed by atoms with Crippen molar-refractivity contribution in [1.29, 1.82) is 0 Å². The number of hydrogen-bond acceptors (Lipinski definition) is 5. The van der Waals surface area contributed by atoms with Gasteiger partial charge in [0.1, 0.15) is 5.82 Å². The maximum absolute atomic E-state index is 12.8. The summed E-state index contributed by atoms with van der Waals surface area (Å²) in [6.07, 6.45) is -2.00. The number of halogens is 1. The average Bonchev–Trinajstić information content (AvgIpc) is 2.68. The van der Waals surface area contributed by atoms with Crippen molar-refractivity contribution in [3.63, 3.8) is 0 Å². The zero-order valence-corrected chi connectivity index (χ0v) is 12.3. The Labute approximate surface area is 122 Å². The third-order valence-electron chi connectivity index (χ3n) is 3.61. The molecule has 8 heteroatoms. The van der Waals surface area contributed by atoms with Crippen LogP contribution >= 0.6 is 0 Å². The van der Waals surface area contributed by atoms with E-state index in [0.717, 1.165) is 24.3 Å². The molecule has 0 amide bonds. The highest BCUT2D eigenvalue weighted by atomic mass is 32.2. The van der Waals surface area contributed by atoms with Crippen LogP contribution in [0, 0.1) is 11.7 Å². The van der Waals surface area contributed by atoms with Crippen molar-refractivity contribution in [2.24, 2.45) is 5.92 Å². The molecule has 1 aromatic carbocycles. The molecule has 0 radical (unpaired) electrons. The number of nitrogens with one attached hydrogen (secondary N) is 1. The number of methoxy groups -OCH3 is 1. The summed E-state index contributed by atoms with van der Waals surface area (Å²) in [5.41, 5.74) is 0. The lowest BCUT2D eigenvalue weighted by molar-refractivity contribution is -0.00425. The van der Waals surface area contributed by atoms with Gasteiger partial charge in [-0.1, -0.05) is 0 Å². The van der Waals surface area contributed by atoms with E-state index in [2.05, 4.69) is 4.72 Å². The molecule has 0 spiro atoms. The molecule has 0 aromatic heterocycles. The van der Waals surface area contributed by atoms with E-state index in [0.29, 0.717) is 0 Å². The van der Waals surface area contributed by atoms with Gasteiger partial charge in [-0.25, -0.2) is 17.5 Å². The molecule has 4 atom stereocenters. The van der Waals surface area contributed by atoms with E-state index in [-0.39, 0.29) is 23.8 Å². The van der Waals surface area contributed by atoms with Crippen molar-refractivity contribution in [3.8, 4) is 0 Å². The summed E-state index contributed by atoms with van der Waals surface area (Å²) in [5, 5.41) is 19.8. The Morgan fingerprint density at radius 2 is 1.90 bits per heavy atom. The molecule has 0 saturated heterocycles. The fraction of sp³-hybridized carbons (Fsp3) is 0.538. The maximum atomic E-state index is 12.8. The van der Waals surface area contributed by atoms with Gasteiger partial charge in [0.05, 0.1) is 29.8 Å². The van der Waals surface area contributed by atoms with Crippen molar-refractivity contribution in [2.45, 2.75) is 29.6 Å². The highest BCUT2D eigenvalue weighted by Crippen LogP contribution is 2.28. The van der Waals surface area contributed by atoms with Crippen LogP contribution in [0.15, 0.2) is 29.2 Å². The Bertz CT molecular complexity index is 577. The lowest BCUT2D eigenvalue weighted by Gasteiger charge is -2.18. The second-order valence-corrected chi connectivity index (χ2v) is 6.83. The predicted octanol–water partition coefficient (Wildman–Crippen LogP) is -0.139. The second-order valence-electron chi connectivity index (χ2n) is 5.11. The Balaban J connectivity index is 2.12. The summed E-state index contributed by atoms with van der Waals surface area (Å²) < 4.78 is 44.4. The molecular formula is C13H18FNO5S. The number of hydrogen-bond donors (Lipinski definition) is 3. The van der Waals surface area contributed by atoms with E-state index in [4.69, 9.17) is 4.74 Å². The Kier molecular flexibility index (Phi) is 4.95. The van der Waals surface area contributed by atoms with Crippen LogP contribution in [-0.2, 0) is 14.8 Å². The Morgan fingerprint density at radius 3 is 2.48 bits per heavy atom. The first-order chi connectivity index (χ1) is 9.85. The molecule has 1 aromatic rings. The summed E-state index contributed by atoms with van der Waals surface area (Å²) in [5.74, 6) is -0.878. The minimum atomic E-state index is -3.88. The van der Waals surface area contributed by atoms with Crippen LogP contribution in [0.1, 0.15) is 6.42 Å². The quantitative estimate of drug-likeness (QED) is 0.702. The molecule has 118 valence electrons. The topological polar surface area (TPSA) is 95.9 Å². The standard InChI is InChI=1S/C13H18FNO5S/c1-20-7-8-6-11(13(17)12(8)16)15-21(18,19)10-4-2-9(14)3-5-10/h2-5,8,11-13,15-17H,6-7H2,1H3/t8-,11-,12-,13+/m1/s1. The van der Waals surface area contributed by atoms with Gasteiger partial charge in [0.15, 0.2) is 0 Å². The number of benzene rings is 1. The van der Waals surface area contributed by atoms with E-state index in [1.165, 1.54) is 7.11 Å². The second kappa shape index (κ2) is 6.37. The van der Waals surface area contributed by atoms with Crippen molar-refractivity contribution >= 4 is 10.0 Å². The number of ether oxygens (including phenoxy) is 1. The minimum Gasteiger partial charge on any atom is -0.390 e. The third kappa shape index (κ3) is 3.58. The van der Waals surface area contributed by atoms with Gasteiger partial charge in [-0.2, -0.15) is 0 Å². The van der Waals surface area contributed by atoms with E-state index in [9.17, 15) is 23.0 Å². The zero-order chi connectivity index (χ0) is 15.6. The van der Waals surface area contributed by atoms with E-state index in [1.54, 1.807) is 0 Å². The van der Waals surface area contributed by atoms with E-state index < -0.39 is 34.1 Å². The molecule has 0 bridgehead atoms. The predicted molar refractivity (Wildman–Crippen MR) is 72.5 cm³/mol. The van der Waals surface area contributed by atoms with Gasteiger partial charge in [-0.05, 0) is 30.7 Å². The summed E-state index contributed by atoms with van der Waals surface area (Å²) in [7, 11) is -2.42. The SMILES string of the molecule is COC[C@H]1C[C@@H](NS(=O)(=O)c2ccc(F)cc2)[C@H](O)[C@@H]1O. The molecule has 3 N–H and O–H groups in total. The molecule has 21 heavy (non-hydrogen) atoms. The summed E-state index contributed by atoms with van der Waals surface area (Å²) in [6.45, 7) is 0.229. The Hall–Kier alpha value is -1.06.